The lowest BCUT2D eigenvalue weighted by Gasteiger charge is -2.15. The summed E-state index contributed by atoms with van der Waals surface area (Å²) in [7, 11) is 0. The van der Waals surface area contributed by atoms with Crippen LogP contribution in [0.5, 0.6) is 0 Å². The Bertz CT molecular complexity index is 456. The summed E-state index contributed by atoms with van der Waals surface area (Å²) < 4.78 is 5.19. The predicted octanol–water partition coefficient (Wildman–Crippen LogP) is 2.71. The SMILES string of the molecule is [N-]=[N+]=N[C@@H]1CCN(C(=O)OCc2ccccc2)C1. The minimum Gasteiger partial charge on any atom is -0.445 e. The van der Waals surface area contributed by atoms with Gasteiger partial charge in [-0.25, -0.2) is 4.79 Å². The highest BCUT2D eigenvalue weighted by Crippen LogP contribution is 2.14. The summed E-state index contributed by atoms with van der Waals surface area (Å²) in [5, 5.41) is 3.61. The molecule has 0 aliphatic carbocycles. The molecule has 1 aromatic carbocycles. The maximum atomic E-state index is 11.7. The van der Waals surface area contributed by atoms with Crippen LogP contribution in [0.3, 0.4) is 0 Å². The third-order valence-corrected chi connectivity index (χ3v) is 2.84. The fourth-order valence-corrected chi connectivity index (χ4v) is 1.89. The highest BCUT2D eigenvalue weighted by molar-refractivity contribution is 5.68. The number of carbonyl (C=O) groups excluding carboxylic acids is 1. The molecule has 0 saturated carbocycles. The highest BCUT2D eigenvalue weighted by atomic mass is 16.6. The molecule has 1 amide bonds. The first-order valence-corrected chi connectivity index (χ1v) is 5.79. The van der Waals surface area contributed by atoms with Crippen LogP contribution in [0.1, 0.15) is 12.0 Å². The quantitative estimate of drug-likeness (QED) is 0.467. The number of azide groups is 1. The third-order valence-electron chi connectivity index (χ3n) is 2.84. The van der Waals surface area contributed by atoms with E-state index in [4.69, 9.17) is 10.3 Å². The van der Waals surface area contributed by atoms with Crippen molar-refractivity contribution < 1.29 is 9.53 Å². The van der Waals surface area contributed by atoms with Crippen LogP contribution < -0.4 is 0 Å². The maximum absolute atomic E-state index is 11.7. The van der Waals surface area contributed by atoms with Gasteiger partial charge in [0.15, 0.2) is 0 Å². The van der Waals surface area contributed by atoms with Crippen molar-refractivity contribution in [1.82, 2.24) is 4.90 Å². The minimum absolute atomic E-state index is 0.126. The molecule has 6 nitrogen and oxygen atoms in total. The van der Waals surface area contributed by atoms with Gasteiger partial charge in [-0.3, -0.25) is 0 Å². The molecule has 1 aliphatic heterocycles. The standard InChI is InChI=1S/C12H14N4O2/c13-15-14-11-6-7-16(8-11)12(17)18-9-10-4-2-1-3-5-10/h1-5,11H,6-9H2/t11-/m1/s1. The average Bonchev–Trinajstić information content (AvgIpc) is 2.86. The van der Waals surface area contributed by atoms with E-state index in [-0.39, 0.29) is 18.7 Å². The van der Waals surface area contributed by atoms with E-state index in [1.807, 2.05) is 30.3 Å². The molecule has 1 aliphatic rings. The van der Waals surface area contributed by atoms with E-state index >= 15 is 0 Å². The normalized spacial score (nSPS) is 18.2. The van der Waals surface area contributed by atoms with E-state index in [1.54, 1.807) is 4.90 Å². The minimum atomic E-state index is -0.352. The second kappa shape index (κ2) is 5.93. The summed E-state index contributed by atoms with van der Waals surface area (Å²) in [6.07, 6.45) is 0.347. The van der Waals surface area contributed by atoms with Crippen LogP contribution in [0.15, 0.2) is 35.4 Å². The van der Waals surface area contributed by atoms with E-state index < -0.39 is 0 Å². The van der Waals surface area contributed by atoms with E-state index in [9.17, 15) is 4.79 Å². The molecule has 1 saturated heterocycles. The Morgan fingerprint density at radius 3 is 3.00 bits per heavy atom. The van der Waals surface area contributed by atoms with Crippen LogP contribution >= 0.6 is 0 Å². The molecule has 0 N–H and O–H groups in total. The molecule has 0 spiro atoms. The lowest BCUT2D eigenvalue weighted by Crippen LogP contribution is -2.29. The number of carbonyl (C=O) groups is 1. The van der Waals surface area contributed by atoms with Gasteiger partial charge < -0.3 is 9.64 Å². The van der Waals surface area contributed by atoms with Gasteiger partial charge in [0, 0.05) is 18.0 Å². The van der Waals surface area contributed by atoms with Gasteiger partial charge in [-0.2, -0.15) is 0 Å². The number of benzene rings is 1. The molecule has 18 heavy (non-hydrogen) atoms. The van der Waals surface area contributed by atoms with Crippen molar-refractivity contribution in [2.75, 3.05) is 13.1 Å². The highest BCUT2D eigenvalue weighted by Gasteiger charge is 2.26. The molecule has 0 aromatic heterocycles. The van der Waals surface area contributed by atoms with Gasteiger partial charge in [0.2, 0.25) is 0 Å². The first-order valence-electron chi connectivity index (χ1n) is 5.79. The summed E-state index contributed by atoms with van der Waals surface area (Å²) >= 11 is 0. The number of hydrogen-bond acceptors (Lipinski definition) is 3. The summed E-state index contributed by atoms with van der Waals surface area (Å²) in [5.74, 6) is 0. The summed E-state index contributed by atoms with van der Waals surface area (Å²) in [5.41, 5.74) is 9.28. The van der Waals surface area contributed by atoms with Crippen LogP contribution in [0.2, 0.25) is 0 Å². The van der Waals surface area contributed by atoms with E-state index in [0.29, 0.717) is 19.5 Å². The molecule has 6 heteroatoms. The molecule has 0 radical (unpaired) electrons. The van der Waals surface area contributed by atoms with Gasteiger partial charge in [0.25, 0.3) is 0 Å². The van der Waals surface area contributed by atoms with E-state index in [2.05, 4.69) is 10.0 Å². The molecule has 0 unspecified atom stereocenters. The van der Waals surface area contributed by atoms with Crippen LogP contribution in [-0.4, -0.2) is 30.1 Å². The molecule has 1 heterocycles. The molecule has 1 aromatic rings. The summed E-state index contributed by atoms with van der Waals surface area (Å²) in [6.45, 7) is 1.29. The van der Waals surface area contributed by atoms with E-state index in [0.717, 1.165) is 5.56 Å². The molecule has 2 rings (SSSR count). The van der Waals surface area contributed by atoms with Gasteiger partial charge >= 0.3 is 6.09 Å². The van der Waals surface area contributed by atoms with Crippen LogP contribution in [0, 0.1) is 0 Å². The lowest BCUT2D eigenvalue weighted by molar-refractivity contribution is 0.104. The van der Waals surface area contributed by atoms with Gasteiger partial charge in [-0.1, -0.05) is 35.4 Å². The summed E-state index contributed by atoms with van der Waals surface area (Å²) in [4.78, 5) is 16.1. The second-order valence-corrected chi connectivity index (χ2v) is 4.13. The molecular weight excluding hydrogens is 232 g/mol. The third kappa shape index (κ3) is 3.15. The maximum Gasteiger partial charge on any atom is 0.410 e. The molecule has 0 bridgehead atoms. The van der Waals surface area contributed by atoms with Crippen molar-refractivity contribution >= 4 is 6.09 Å². The molecule has 1 fully saturated rings. The molecule has 94 valence electrons. The Morgan fingerprint density at radius 2 is 2.28 bits per heavy atom. The van der Waals surface area contributed by atoms with Crippen molar-refractivity contribution in [1.29, 1.82) is 0 Å². The first-order chi connectivity index (χ1) is 8.79. The van der Waals surface area contributed by atoms with Gasteiger partial charge in [0.1, 0.15) is 6.61 Å². The van der Waals surface area contributed by atoms with Crippen molar-refractivity contribution in [2.45, 2.75) is 19.1 Å². The topological polar surface area (TPSA) is 78.3 Å². The zero-order valence-electron chi connectivity index (χ0n) is 9.90. The molecular formula is C12H14N4O2. The average molecular weight is 246 g/mol. The van der Waals surface area contributed by atoms with Crippen LogP contribution in [0.25, 0.3) is 10.4 Å². The number of amides is 1. The summed E-state index contributed by atoms with van der Waals surface area (Å²) in [6, 6.07) is 9.39. The molecule has 1 atom stereocenters. The lowest BCUT2D eigenvalue weighted by atomic mass is 10.2. The zero-order chi connectivity index (χ0) is 12.8. The Kier molecular flexibility index (Phi) is 4.04. The smallest absolute Gasteiger partial charge is 0.410 e. The van der Waals surface area contributed by atoms with Crippen molar-refractivity contribution in [3.05, 3.63) is 46.3 Å². The van der Waals surface area contributed by atoms with Crippen LogP contribution in [-0.2, 0) is 11.3 Å². The van der Waals surface area contributed by atoms with Gasteiger partial charge in [-0.15, -0.1) is 0 Å². The predicted molar refractivity (Wildman–Crippen MR) is 65.8 cm³/mol. The Morgan fingerprint density at radius 1 is 1.50 bits per heavy atom. The number of rotatable bonds is 3. The number of nitrogens with zero attached hydrogens (tertiary/aromatic N) is 4. The number of hydrogen-bond donors (Lipinski definition) is 0. The Balaban J connectivity index is 1.81. The second-order valence-electron chi connectivity index (χ2n) is 4.13. The monoisotopic (exact) mass is 246 g/mol. The number of likely N-dealkylation sites (tertiary alicyclic amines) is 1. The van der Waals surface area contributed by atoms with Crippen molar-refractivity contribution in [2.24, 2.45) is 5.11 Å². The Labute approximate surface area is 105 Å². The first kappa shape index (κ1) is 12.3. The zero-order valence-corrected chi connectivity index (χ0v) is 9.90. The fourth-order valence-electron chi connectivity index (χ4n) is 1.89. The van der Waals surface area contributed by atoms with Crippen molar-refractivity contribution in [3.8, 4) is 0 Å². The van der Waals surface area contributed by atoms with Crippen molar-refractivity contribution in [3.63, 3.8) is 0 Å². The van der Waals surface area contributed by atoms with Gasteiger partial charge in [-0.05, 0) is 17.5 Å². The largest absolute Gasteiger partial charge is 0.445 e. The fraction of sp³-hybridized carbons (Fsp3) is 0.417. The van der Waals surface area contributed by atoms with E-state index in [1.165, 1.54) is 0 Å². The van der Waals surface area contributed by atoms with Gasteiger partial charge in [0.05, 0.1) is 6.04 Å². The number of ether oxygens (including phenoxy) is 1. The van der Waals surface area contributed by atoms with Crippen LogP contribution in [0.4, 0.5) is 4.79 Å². The Hall–Kier alpha value is -2.20.